The van der Waals surface area contributed by atoms with Gasteiger partial charge in [-0.2, -0.15) is 0 Å². The van der Waals surface area contributed by atoms with Gasteiger partial charge in [-0.3, -0.25) is 4.79 Å². The minimum absolute atomic E-state index is 0.0996. The van der Waals surface area contributed by atoms with E-state index in [2.05, 4.69) is 30.3 Å². The molecule has 1 amide bonds. The lowest BCUT2D eigenvalue weighted by atomic mass is 9.90. The number of piperidine rings is 1. The average Bonchev–Trinajstić information content (AvgIpc) is 2.84. The maximum absolute atomic E-state index is 12.6. The summed E-state index contributed by atoms with van der Waals surface area (Å²) >= 11 is 0. The van der Waals surface area contributed by atoms with Crippen molar-refractivity contribution in [1.29, 1.82) is 0 Å². The highest BCUT2D eigenvalue weighted by molar-refractivity contribution is 5.91. The summed E-state index contributed by atoms with van der Waals surface area (Å²) in [6, 6.07) is 28.6. The summed E-state index contributed by atoms with van der Waals surface area (Å²) in [5.41, 5.74) is 3.53. The SMILES string of the molecule is O=C(/C=C/c1ccc(OCc2ccccc2)cc1)N1CCC(Cc2ccccc2)CC1. The Balaban J connectivity index is 1.22. The number of carbonyl (C=O) groups is 1. The Hall–Kier alpha value is -3.33. The van der Waals surface area contributed by atoms with Crippen molar-refractivity contribution >= 4 is 12.0 Å². The summed E-state index contributed by atoms with van der Waals surface area (Å²) in [6.45, 7) is 2.23. The van der Waals surface area contributed by atoms with Crippen molar-refractivity contribution in [2.75, 3.05) is 13.1 Å². The lowest BCUT2D eigenvalue weighted by Gasteiger charge is -2.31. The van der Waals surface area contributed by atoms with Gasteiger partial charge in [-0.05, 0) is 60.1 Å². The van der Waals surface area contributed by atoms with Gasteiger partial charge in [-0.1, -0.05) is 72.8 Å². The van der Waals surface area contributed by atoms with Crippen molar-refractivity contribution in [1.82, 2.24) is 4.90 Å². The van der Waals surface area contributed by atoms with Crippen LogP contribution in [-0.2, 0) is 17.8 Å². The quantitative estimate of drug-likeness (QED) is 0.463. The molecule has 0 unspecified atom stereocenters. The third kappa shape index (κ3) is 6.32. The zero-order chi connectivity index (χ0) is 21.3. The van der Waals surface area contributed by atoms with Crippen LogP contribution in [0.4, 0.5) is 0 Å². The summed E-state index contributed by atoms with van der Waals surface area (Å²) in [6.07, 6.45) is 6.83. The number of hydrogen-bond acceptors (Lipinski definition) is 2. The lowest BCUT2D eigenvalue weighted by Crippen LogP contribution is -2.37. The van der Waals surface area contributed by atoms with Gasteiger partial charge in [0.2, 0.25) is 5.91 Å². The number of carbonyl (C=O) groups excluding carboxylic acids is 1. The van der Waals surface area contributed by atoms with Gasteiger partial charge in [0.1, 0.15) is 12.4 Å². The Kier molecular flexibility index (Phi) is 7.17. The van der Waals surface area contributed by atoms with E-state index in [1.165, 1.54) is 5.56 Å². The first-order valence-electron chi connectivity index (χ1n) is 11.0. The molecule has 1 aliphatic heterocycles. The van der Waals surface area contributed by atoms with Gasteiger partial charge < -0.3 is 9.64 Å². The van der Waals surface area contributed by atoms with Gasteiger partial charge >= 0.3 is 0 Å². The van der Waals surface area contributed by atoms with Crippen LogP contribution < -0.4 is 4.74 Å². The van der Waals surface area contributed by atoms with Crippen LogP contribution >= 0.6 is 0 Å². The normalized spacial score (nSPS) is 14.6. The van der Waals surface area contributed by atoms with Gasteiger partial charge in [0.25, 0.3) is 0 Å². The molecule has 3 aromatic carbocycles. The summed E-state index contributed by atoms with van der Waals surface area (Å²) in [7, 11) is 0. The molecule has 1 aliphatic rings. The van der Waals surface area contributed by atoms with Crippen molar-refractivity contribution in [3.63, 3.8) is 0 Å². The highest BCUT2D eigenvalue weighted by Crippen LogP contribution is 2.22. The average molecular weight is 412 g/mol. The molecule has 1 saturated heterocycles. The van der Waals surface area contributed by atoms with Crippen LogP contribution in [0.5, 0.6) is 5.75 Å². The predicted molar refractivity (Wildman–Crippen MR) is 126 cm³/mol. The number of amides is 1. The fourth-order valence-electron chi connectivity index (χ4n) is 3.99. The van der Waals surface area contributed by atoms with Crippen molar-refractivity contribution < 1.29 is 9.53 Å². The molecule has 0 spiro atoms. The molecule has 4 rings (SSSR count). The van der Waals surface area contributed by atoms with Crippen molar-refractivity contribution in [2.24, 2.45) is 5.92 Å². The first-order valence-corrected chi connectivity index (χ1v) is 11.0. The monoisotopic (exact) mass is 411 g/mol. The number of benzene rings is 3. The van der Waals surface area contributed by atoms with E-state index in [0.717, 1.165) is 49.2 Å². The van der Waals surface area contributed by atoms with E-state index in [1.54, 1.807) is 6.08 Å². The molecular formula is C28H29NO2. The molecule has 0 aliphatic carbocycles. The van der Waals surface area contributed by atoms with Crippen LogP contribution in [-0.4, -0.2) is 23.9 Å². The van der Waals surface area contributed by atoms with Crippen LogP contribution in [0.2, 0.25) is 0 Å². The fraction of sp³-hybridized carbons (Fsp3) is 0.250. The van der Waals surface area contributed by atoms with Gasteiger partial charge in [0, 0.05) is 19.2 Å². The second-order valence-corrected chi connectivity index (χ2v) is 8.14. The van der Waals surface area contributed by atoms with Gasteiger partial charge in [0.05, 0.1) is 0 Å². The van der Waals surface area contributed by atoms with Crippen LogP contribution in [0.3, 0.4) is 0 Å². The van der Waals surface area contributed by atoms with E-state index in [9.17, 15) is 4.79 Å². The van der Waals surface area contributed by atoms with E-state index < -0.39 is 0 Å². The Labute approximate surface area is 185 Å². The second kappa shape index (κ2) is 10.6. The largest absolute Gasteiger partial charge is 0.489 e. The smallest absolute Gasteiger partial charge is 0.246 e. The molecular weight excluding hydrogens is 382 g/mol. The number of hydrogen-bond donors (Lipinski definition) is 0. The van der Waals surface area contributed by atoms with E-state index >= 15 is 0 Å². The van der Waals surface area contributed by atoms with Gasteiger partial charge in [-0.15, -0.1) is 0 Å². The maximum Gasteiger partial charge on any atom is 0.246 e. The summed E-state index contributed by atoms with van der Waals surface area (Å²) in [5, 5.41) is 0. The Morgan fingerprint density at radius 3 is 2.10 bits per heavy atom. The Morgan fingerprint density at radius 2 is 1.45 bits per heavy atom. The first-order chi connectivity index (χ1) is 15.3. The van der Waals surface area contributed by atoms with Crippen LogP contribution in [0, 0.1) is 5.92 Å². The van der Waals surface area contributed by atoms with Gasteiger partial charge in [-0.25, -0.2) is 0 Å². The van der Waals surface area contributed by atoms with E-state index in [0.29, 0.717) is 12.5 Å². The molecule has 0 N–H and O–H groups in total. The van der Waals surface area contributed by atoms with Crippen LogP contribution in [0.1, 0.15) is 29.5 Å². The zero-order valence-corrected chi connectivity index (χ0v) is 17.8. The first kappa shape index (κ1) is 20.9. The van der Waals surface area contributed by atoms with Crippen molar-refractivity contribution in [3.05, 3.63) is 108 Å². The maximum atomic E-state index is 12.6. The highest BCUT2D eigenvalue weighted by Gasteiger charge is 2.21. The molecule has 3 aromatic rings. The standard InChI is InChI=1S/C28H29NO2/c30-28(29-19-17-25(18-20-29)21-24-7-3-1-4-8-24)16-13-23-11-14-27(15-12-23)31-22-26-9-5-2-6-10-26/h1-16,25H,17-22H2/b16-13+. The van der Waals surface area contributed by atoms with E-state index in [1.807, 2.05) is 65.6 Å². The molecule has 0 aromatic heterocycles. The third-order valence-corrected chi connectivity index (χ3v) is 5.84. The van der Waals surface area contributed by atoms with Crippen molar-refractivity contribution in [2.45, 2.75) is 25.9 Å². The Morgan fingerprint density at radius 1 is 0.839 bits per heavy atom. The van der Waals surface area contributed by atoms with E-state index in [4.69, 9.17) is 4.74 Å². The zero-order valence-electron chi connectivity index (χ0n) is 17.8. The fourth-order valence-corrected chi connectivity index (χ4v) is 3.99. The Bertz CT molecular complexity index is 973. The summed E-state index contributed by atoms with van der Waals surface area (Å²) in [5.74, 6) is 1.59. The number of rotatable bonds is 7. The lowest BCUT2D eigenvalue weighted by molar-refractivity contribution is -0.127. The molecule has 31 heavy (non-hydrogen) atoms. The molecule has 3 nitrogen and oxygen atoms in total. The van der Waals surface area contributed by atoms with Crippen molar-refractivity contribution in [3.8, 4) is 5.75 Å². The number of likely N-dealkylation sites (tertiary alicyclic amines) is 1. The van der Waals surface area contributed by atoms with Crippen LogP contribution in [0.15, 0.2) is 91.0 Å². The number of ether oxygens (including phenoxy) is 1. The van der Waals surface area contributed by atoms with Crippen LogP contribution in [0.25, 0.3) is 6.08 Å². The minimum atomic E-state index is 0.0996. The number of nitrogens with zero attached hydrogens (tertiary/aromatic N) is 1. The predicted octanol–water partition coefficient (Wildman–Crippen LogP) is 5.76. The van der Waals surface area contributed by atoms with E-state index in [-0.39, 0.29) is 5.91 Å². The molecule has 1 fully saturated rings. The molecule has 0 radical (unpaired) electrons. The molecule has 0 bridgehead atoms. The topological polar surface area (TPSA) is 29.5 Å². The molecule has 1 heterocycles. The third-order valence-electron chi connectivity index (χ3n) is 5.84. The van der Waals surface area contributed by atoms with Gasteiger partial charge in [0.15, 0.2) is 0 Å². The summed E-state index contributed by atoms with van der Waals surface area (Å²) in [4.78, 5) is 14.5. The highest BCUT2D eigenvalue weighted by atomic mass is 16.5. The molecule has 0 atom stereocenters. The molecule has 3 heteroatoms. The minimum Gasteiger partial charge on any atom is -0.489 e. The summed E-state index contributed by atoms with van der Waals surface area (Å²) < 4.78 is 5.82. The second-order valence-electron chi connectivity index (χ2n) is 8.14. The molecule has 0 saturated carbocycles. The molecule has 158 valence electrons.